The van der Waals surface area contributed by atoms with Crippen molar-refractivity contribution in [2.75, 3.05) is 14.2 Å². The number of likely N-dealkylation sites (N-methyl/N-ethyl adjacent to an activating group) is 1. The van der Waals surface area contributed by atoms with Crippen molar-refractivity contribution in [2.24, 2.45) is 0 Å². The predicted molar refractivity (Wildman–Crippen MR) is 83.5 cm³/mol. The number of aliphatic carboxylic acids is 1. The van der Waals surface area contributed by atoms with Gasteiger partial charge in [-0.15, -0.1) is 0 Å². The van der Waals surface area contributed by atoms with E-state index in [0.717, 1.165) is 15.8 Å². The fourth-order valence-corrected chi connectivity index (χ4v) is 2.67. The van der Waals surface area contributed by atoms with Crippen molar-refractivity contribution in [3.63, 3.8) is 0 Å². The highest BCUT2D eigenvalue weighted by atomic mass is 79.9. The Morgan fingerprint density at radius 3 is 2.57 bits per heavy atom. The van der Waals surface area contributed by atoms with E-state index in [-0.39, 0.29) is 12.3 Å². The number of carboxylic acid groups (broad SMARTS) is 1. The van der Waals surface area contributed by atoms with Crippen molar-refractivity contribution in [3.8, 4) is 5.75 Å². The molecule has 5 nitrogen and oxygen atoms in total. The molecule has 0 aromatic heterocycles. The Morgan fingerprint density at radius 2 is 2.10 bits per heavy atom. The largest absolute Gasteiger partial charge is 0.496 e. The third-order valence-electron chi connectivity index (χ3n) is 3.38. The molecule has 1 N–H and O–H groups in total. The molecule has 1 rings (SSSR count). The molecule has 0 radical (unpaired) electrons. The topological polar surface area (TPSA) is 66.8 Å². The molecule has 0 fully saturated rings. The van der Waals surface area contributed by atoms with Crippen LogP contribution in [0.3, 0.4) is 0 Å². The van der Waals surface area contributed by atoms with Gasteiger partial charge in [0.1, 0.15) is 11.8 Å². The molecule has 116 valence electrons. The lowest BCUT2D eigenvalue weighted by atomic mass is 10.1. The molecular weight excluding hydrogens is 338 g/mol. The first-order chi connectivity index (χ1) is 9.90. The van der Waals surface area contributed by atoms with Gasteiger partial charge in [0, 0.05) is 13.5 Å². The number of benzene rings is 1. The van der Waals surface area contributed by atoms with Crippen molar-refractivity contribution in [3.05, 3.63) is 28.2 Å². The van der Waals surface area contributed by atoms with Gasteiger partial charge in [0.25, 0.3) is 0 Å². The molecule has 6 heteroatoms. The molecular formula is C15H20BrNO4. The fraction of sp³-hybridized carbons (Fsp3) is 0.467. The van der Waals surface area contributed by atoms with E-state index in [1.54, 1.807) is 14.0 Å². The fourth-order valence-electron chi connectivity index (χ4n) is 2.08. The minimum absolute atomic E-state index is 0.170. The van der Waals surface area contributed by atoms with E-state index in [9.17, 15) is 9.59 Å². The molecule has 0 aliphatic carbocycles. The van der Waals surface area contributed by atoms with Gasteiger partial charge < -0.3 is 14.7 Å². The van der Waals surface area contributed by atoms with E-state index in [4.69, 9.17) is 9.84 Å². The van der Waals surface area contributed by atoms with Gasteiger partial charge in [0.2, 0.25) is 5.91 Å². The first kappa shape index (κ1) is 17.5. The van der Waals surface area contributed by atoms with Crippen LogP contribution in [0, 0.1) is 0 Å². The highest BCUT2D eigenvalue weighted by Gasteiger charge is 2.24. The number of carboxylic acids is 1. The number of carbonyl (C=O) groups is 2. The number of ether oxygens (including phenoxy) is 1. The first-order valence-electron chi connectivity index (χ1n) is 6.71. The maximum atomic E-state index is 12.1. The van der Waals surface area contributed by atoms with Gasteiger partial charge in [-0.25, -0.2) is 4.79 Å². The summed E-state index contributed by atoms with van der Waals surface area (Å²) in [6.07, 6.45) is 1.23. The summed E-state index contributed by atoms with van der Waals surface area (Å²) in [7, 11) is 3.13. The summed E-state index contributed by atoms with van der Waals surface area (Å²) in [6.45, 7) is 1.75. The van der Waals surface area contributed by atoms with Crippen LogP contribution in [0.2, 0.25) is 0 Å². The van der Waals surface area contributed by atoms with Crippen LogP contribution in [-0.2, 0) is 16.0 Å². The van der Waals surface area contributed by atoms with Gasteiger partial charge in [0.05, 0.1) is 11.6 Å². The summed E-state index contributed by atoms with van der Waals surface area (Å²) in [6, 6.07) is 4.87. The van der Waals surface area contributed by atoms with Gasteiger partial charge in [-0.05, 0) is 46.5 Å². The Balaban J connectivity index is 2.64. The predicted octanol–water partition coefficient (Wildman–Crippen LogP) is 2.71. The summed E-state index contributed by atoms with van der Waals surface area (Å²) in [5.74, 6) is -0.407. The lowest BCUT2D eigenvalue weighted by Crippen LogP contribution is -2.42. The van der Waals surface area contributed by atoms with E-state index in [2.05, 4.69) is 15.9 Å². The van der Waals surface area contributed by atoms with E-state index >= 15 is 0 Å². The molecule has 1 aromatic carbocycles. The second-order valence-corrected chi connectivity index (χ2v) is 5.59. The van der Waals surface area contributed by atoms with Crippen LogP contribution in [0.25, 0.3) is 0 Å². The van der Waals surface area contributed by atoms with Crippen molar-refractivity contribution >= 4 is 27.8 Å². The number of amides is 1. The molecule has 1 unspecified atom stereocenters. The van der Waals surface area contributed by atoms with Crippen LogP contribution in [0.4, 0.5) is 0 Å². The Labute approximate surface area is 133 Å². The minimum atomic E-state index is -0.972. The number of nitrogens with zero attached hydrogens (tertiary/aromatic N) is 1. The first-order valence-corrected chi connectivity index (χ1v) is 7.50. The van der Waals surface area contributed by atoms with Crippen LogP contribution in [0.5, 0.6) is 5.75 Å². The van der Waals surface area contributed by atoms with E-state index in [0.29, 0.717) is 12.8 Å². The number of halogens is 1. The molecule has 0 spiro atoms. The summed E-state index contributed by atoms with van der Waals surface area (Å²) in [5.41, 5.74) is 0.993. The van der Waals surface area contributed by atoms with Crippen LogP contribution >= 0.6 is 15.9 Å². The summed E-state index contributed by atoms with van der Waals surface area (Å²) in [5, 5.41) is 9.06. The molecule has 21 heavy (non-hydrogen) atoms. The second-order valence-electron chi connectivity index (χ2n) is 4.74. The standard InChI is InChI=1S/C15H20BrNO4/c1-4-12(15(19)20)17(2)14(18)8-6-10-5-7-13(21-3)11(16)9-10/h5,7,9,12H,4,6,8H2,1-3H3,(H,19,20). The van der Waals surface area contributed by atoms with Gasteiger partial charge in [-0.2, -0.15) is 0 Å². The molecule has 1 aromatic rings. The lowest BCUT2D eigenvalue weighted by molar-refractivity contribution is -0.149. The zero-order valence-electron chi connectivity index (χ0n) is 12.4. The number of rotatable bonds is 7. The molecule has 1 amide bonds. The van der Waals surface area contributed by atoms with Crippen LogP contribution in [-0.4, -0.2) is 42.1 Å². The highest BCUT2D eigenvalue weighted by molar-refractivity contribution is 9.10. The van der Waals surface area contributed by atoms with E-state index < -0.39 is 12.0 Å². The van der Waals surface area contributed by atoms with E-state index in [1.807, 2.05) is 18.2 Å². The molecule has 0 saturated heterocycles. The van der Waals surface area contributed by atoms with Crippen molar-refractivity contribution in [1.82, 2.24) is 4.90 Å². The van der Waals surface area contributed by atoms with Crippen LogP contribution in [0.1, 0.15) is 25.3 Å². The van der Waals surface area contributed by atoms with Crippen molar-refractivity contribution in [2.45, 2.75) is 32.2 Å². The Morgan fingerprint density at radius 1 is 1.43 bits per heavy atom. The summed E-state index contributed by atoms with van der Waals surface area (Å²) >= 11 is 3.40. The van der Waals surface area contributed by atoms with E-state index in [1.165, 1.54) is 11.9 Å². The van der Waals surface area contributed by atoms with Gasteiger partial charge in [-0.1, -0.05) is 13.0 Å². The zero-order chi connectivity index (χ0) is 16.0. The average Bonchev–Trinajstić information content (AvgIpc) is 2.45. The molecule has 0 saturated carbocycles. The average molecular weight is 358 g/mol. The number of aryl methyl sites for hydroxylation is 1. The second kappa shape index (κ2) is 8.02. The molecule has 0 heterocycles. The quantitative estimate of drug-likeness (QED) is 0.814. The third-order valence-corrected chi connectivity index (χ3v) is 4.00. The molecule has 1 atom stereocenters. The highest BCUT2D eigenvalue weighted by Crippen LogP contribution is 2.26. The van der Waals surface area contributed by atoms with Crippen molar-refractivity contribution in [1.29, 1.82) is 0 Å². The lowest BCUT2D eigenvalue weighted by Gasteiger charge is -2.23. The monoisotopic (exact) mass is 357 g/mol. The SMILES string of the molecule is CCC(C(=O)O)N(C)C(=O)CCc1ccc(OC)c(Br)c1. The maximum Gasteiger partial charge on any atom is 0.326 e. The Bertz CT molecular complexity index is 518. The van der Waals surface area contributed by atoms with Gasteiger partial charge in [0.15, 0.2) is 0 Å². The van der Waals surface area contributed by atoms with Crippen LogP contribution < -0.4 is 4.74 Å². The number of carbonyl (C=O) groups excluding carboxylic acids is 1. The smallest absolute Gasteiger partial charge is 0.326 e. The zero-order valence-corrected chi connectivity index (χ0v) is 14.0. The maximum absolute atomic E-state index is 12.1. The molecule has 0 bridgehead atoms. The Hall–Kier alpha value is -1.56. The number of methoxy groups -OCH3 is 1. The minimum Gasteiger partial charge on any atom is -0.496 e. The van der Waals surface area contributed by atoms with Gasteiger partial charge >= 0.3 is 5.97 Å². The summed E-state index contributed by atoms with van der Waals surface area (Å²) < 4.78 is 5.98. The Kier molecular flexibility index (Phi) is 6.68. The number of hydrogen-bond donors (Lipinski definition) is 1. The molecule has 0 aliphatic rings. The number of hydrogen-bond acceptors (Lipinski definition) is 3. The molecule has 0 aliphatic heterocycles. The van der Waals surface area contributed by atoms with Crippen molar-refractivity contribution < 1.29 is 19.4 Å². The normalized spacial score (nSPS) is 11.8. The van der Waals surface area contributed by atoms with Crippen LogP contribution in [0.15, 0.2) is 22.7 Å². The third kappa shape index (κ3) is 4.74. The van der Waals surface area contributed by atoms with Gasteiger partial charge in [-0.3, -0.25) is 4.79 Å². The summed E-state index contributed by atoms with van der Waals surface area (Å²) in [4.78, 5) is 24.4.